The fraction of sp³-hybridized carbons (Fsp3) is 0.714. The Morgan fingerprint density at radius 3 is 2.89 bits per heavy atom. The fourth-order valence-corrected chi connectivity index (χ4v) is 5.17. The molecule has 0 spiro atoms. The predicted octanol–water partition coefficient (Wildman–Crippen LogP) is 6.43. The highest BCUT2D eigenvalue weighted by molar-refractivity contribution is 8.03. The maximum absolute atomic E-state index is 6.08. The Morgan fingerprint density at radius 1 is 1.32 bits per heavy atom. The Hall–Kier alpha value is -0.630. The topological polar surface area (TPSA) is 66.8 Å². The maximum Gasteiger partial charge on any atom is 0.175 e. The van der Waals surface area contributed by atoms with Gasteiger partial charge in [0, 0.05) is 18.9 Å². The number of hydrogen-bond donors (Lipinski definition) is 3. The number of nitrogens with two attached hydrogens (primary N) is 1. The van der Waals surface area contributed by atoms with Crippen molar-refractivity contribution in [1.82, 2.24) is 9.97 Å². The molecule has 3 unspecified atom stereocenters. The molecular formula is C21H35N3OS3. The fourth-order valence-electron chi connectivity index (χ4n) is 3.70. The van der Waals surface area contributed by atoms with Crippen LogP contribution in [-0.4, -0.2) is 28.9 Å². The summed E-state index contributed by atoms with van der Waals surface area (Å²) >= 11 is 12.4. The molecule has 7 heteroatoms. The number of rotatable bonds is 8. The molecule has 1 aromatic rings. The summed E-state index contributed by atoms with van der Waals surface area (Å²) in [6, 6.07) is 0. The van der Waals surface area contributed by atoms with E-state index in [4.69, 9.17) is 34.9 Å². The van der Waals surface area contributed by atoms with Crippen LogP contribution in [0, 0.1) is 27.2 Å². The van der Waals surface area contributed by atoms with Crippen LogP contribution in [0.3, 0.4) is 0 Å². The molecule has 0 bridgehead atoms. The van der Waals surface area contributed by atoms with E-state index in [-0.39, 0.29) is 0 Å². The molecule has 2 heterocycles. The first kappa shape index (κ1) is 23.6. The first-order valence-electron chi connectivity index (χ1n) is 10.3. The third-order valence-electron chi connectivity index (χ3n) is 5.63. The number of nitrogens with one attached hydrogen (secondary N) is 2. The molecule has 2 rings (SSSR count). The van der Waals surface area contributed by atoms with Crippen molar-refractivity contribution in [2.75, 3.05) is 24.7 Å². The van der Waals surface area contributed by atoms with E-state index in [0.717, 1.165) is 43.6 Å². The lowest BCUT2D eigenvalue weighted by molar-refractivity contribution is 0.0837. The van der Waals surface area contributed by atoms with Crippen molar-refractivity contribution in [1.29, 1.82) is 0 Å². The predicted molar refractivity (Wildman–Crippen MR) is 127 cm³/mol. The normalized spacial score (nSPS) is 22.5. The smallest absolute Gasteiger partial charge is 0.175 e. The van der Waals surface area contributed by atoms with Crippen molar-refractivity contribution in [3.8, 4) is 0 Å². The lowest BCUT2D eigenvalue weighted by Gasteiger charge is -2.26. The molecule has 28 heavy (non-hydrogen) atoms. The van der Waals surface area contributed by atoms with Crippen LogP contribution in [0.5, 0.6) is 0 Å². The molecule has 0 radical (unpaired) electrons. The maximum atomic E-state index is 6.08. The van der Waals surface area contributed by atoms with E-state index >= 15 is 0 Å². The molecule has 4 N–H and O–H groups in total. The Bertz CT molecular complexity index is 756. The molecule has 158 valence electrons. The molecule has 3 atom stereocenters. The van der Waals surface area contributed by atoms with Gasteiger partial charge in [0.1, 0.15) is 4.64 Å². The van der Waals surface area contributed by atoms with Crippen molar-refractivity contribution < 1.29 is 4.74 Å². The van der Waals surface area contributed by atoms with Gasteiger partial charge in [-0.2, -0.15) is 0 Å². The van der Waals surface area contributed by atoms with Gasteiger partial charge >= 0.3 is 0 Å². The summed E-state index contributed by atoms with van der Waals surface area (Å²) in [5.41, 5.74) is 7.65. The van der Waals surface area contributed by atoms with Crippen LogP contribution in [0.15, 0.2) is 11.0 Å². The van der Waals surface area contributed by atoms with Gasteiger partial charge in [-0.3, -0.25) is 0 Å². The Labute approximate surface area is 184 Å². The molecule has 1 aliphatic rings. The molecule has 1 aliphatic heterocycles. The van der Waals surface area contributed by atoms with Crippen LogP contribution in [-0.2, 0) is 11.2 Å². The van der Waals surface area contributed by atoms with Crippen molar-refractivity contribution >= 4 is 41.9 Å². The number of H-pyrrole nitrogens is 2. The highest BCUT2D eigenvalue weighted by Gasteiger charge is 2.18. The lowest BCUT2D eigenvalue weighted by atomic mass is 9.85. The van der Waals surface area contributed by atoms with E-state index in [2.05, 4.69) is 36.8 Å². The van der Waals surface area contributed by atoms with Crippen molar-refractivity contribution in [3.05, 3.63) is 26.1 Å². The van der Waals surface area contributed by atoms with Gasteiger partial charge in [0.2, 0.25) is 0 Å². The minimum Gasteiger partial charge on any atom is -0.395 e. The second-order valence-corrected chi connectivity index (χ2v) is 10.2. The number of aromatic amines is 2. The van der Waals surface area contributed by atoms with Crippen LogP contribution < -0.4 is 5.73 Å². The molecular weight excluding hydrogens is 406 g/mol. The third kappa shape index (κ3) is 8.01. The summed E-state index contributed by atoms with van der Waals surface area (Å²) in [6.45, 7) is 8.73. The minimum absolute atomic E-state index is 0.478. The first-order chi connectivity index (χ1) is 13.4. The Morgan fingerprint density at radius 2 is 2.11 bits per heavy atom. The molecule has 1 aromatic heterocycles. The highest BCUT2D eigenvalue weighted by Crippen LogP contribution is 2.29. The summed E-state index contributed by atoms with van der Waals surface area (Å²) in [4.78, 5) is 7.46. The van der Waals surface area contributed by atoms with Gasteiger partial charge in [-0.15, -0.1) is 11.8 Å². The number of nitrogen functional groups attached to an aromatic ring is 1. The van der Waals surface area contributed by atoms with Crippen molar-refractivity contribution in [2.45, 2.75) is 59.3 Å². The van der Waals surface area contributed by atoms with E-state index < -0.39 is 0 Å². The Balaban J connectivity index is 1.77. The van der Waals surface area contributed by atoms with Crippen molar-refractivity contribution in [3.63, 3.8) is 0 Å². The van der Waals surface area contributed by atoms with Gasteiger partial charge in [0.05, 0.1) is 5.69 Å². The van der Waals surface area contributed by atoms with Crippen molar-refractivity contribution in [2.24, 2.45) is 17.8 Å². The zero-order chi connectivity index (χ0) is 20.5. The third-order valence-corrected chi connectivity index (χ3v) is 7.21. The summed E-state index contributed by atoms with van der Waals surface area (Å²) in [7, 11) is 0. The monoisotopic (exact) mass is 441 g/mol. The summed E-state index contributed by atoms with van der Waals surface area (Å²) < 4.78 is 6.69. The second kappa shape index (κ2) is 12.2. The van der Waals surface area contributed by atoms with Crippen LogP contribution in [0.4, 0.5) is 5.69 Å². The van der Waals surface area contributed by atoms with Gasteiger partial charge in [-0.25, -0.2) is 0 Å². The van der Waals surface area contributed by atoms with E-state index in [0.29, 0.717) is 21.0 Å². The number of thioether (sulfide) groups is 1. The molecule has 4 nitrogen and oxygen atoms in total. The molecule has 0 aliphatic carbocycles. The second-order valence-electron chi connectivity index (χ2n) is 8.08. The minimum atomic E-state index is 0.478. The zero-order valence-electron chi connectivity index (χ0n) is 17.4. The summed E-state index contributed by atoms with van der Waals surface area (Å²) in [5.74, 6) is 3.31. The van der Waals surface area contributed by atoms with Gasteiger partial charge in [0.15, 0.2) is 4.77 Å². The molecule has 0 saturated carbocycles. The number of allylic oxidation sites excluding steroid dienone is 2. The van der Waals surface area contributed by atoms with E-state index in [1.165, 1.54) is 36.3 Å². The summed E-state index contributed by atoms with van der Waals surface area (Å²) in [6.07, 6.45) is 9.27. The van der Waals surface area contributed by atoms with Gasteiger partial charge < -0.3 is 20.4 Å². The number of aromatic nitrogens is 2. The molecule has 0 aromatic carbocycles. The summed E-state index contributed by atoms with van der Waals surface area (Å²) in [5, 5.41) is 0. The largest absolute Gasteiger partial charge is 0.395 e. The van der Waals surface area contributed by atoms with Crippen LogP contribution >= 0.6 is 36.2 Å². The number of ether oxygens (including phenoxy) is 1. The molecule has 0 amide bonds. The lowest BCUT2D eigenvalue weighted by Crippen LogP contribution is -2.19. The quantitative estimate of drug-likeness (QED) is 0.405. The van der Waals surface area contributed by atoms with E-state index in [1.807, 2.05) is 11.8 Å². The number of hydrogen-bond acceptors (Lipinski definition) is 5. The number of anilines is 1. The van der Waals surface area contributed by atoms with Gasteiger partial charge in [0.25, 0.3) is 0 Å². The highest BCUT2D eigenvalue weighted by atomic mass is 32.2. The van der Waals surface area contributed by atoms with Crippen LogP contribution in [0.1, 0.15) is 58.6 Å². The molecule has 1 saturated heterocycles. The molecule has 1 fully saturated rings. The average molecular weight is 442 g/mol. The van der Waals surface area contributed by atoms with Crippen LogP contribution in [0.25, 0.3) is 0 Å². The van der Waals surface area contributed by atoms with Crippen LogP contribution in [0.2, 0.25) is 0 Å². The van der Waals surface area contributed by atoms with Gasteiger partial charge in [-0.05, 0) is 86.1 Å². The standard InChI is InChI=1S/C21H35N3OS3/c1-14(13-18-19(22)20(26)24-21(27)23-18)6-7-16(3)28-12-9-17-5-4-10-25-11-8-15(17)2/h7,14-15,17H,4-6,8-13,22H2,1-3H3,(H2,23,24,26,27)/b16-7-. The first-order valence-corrected chi connectivity index (χ1v) is 12.1. The van der Waals surface area contributed by atoms with E-state index in [9.17, 15) is 0 Å². The SMILES string of the molecule is C/C(=C/CC(C)Cc1[nH]c(=S)[nH]c(=S)c1N)SCCC1CCCOCCC1C. The van der Waals surface area contributed by atoms with E-state index in [1.54, 1.807) is 0 Å². The average Bonchev–Trinajstić information content (AvgIpc) is 2.63. The van der Waals surface area contributed by atoms with Gasteiger partial charge in [-0.1, -0.05) is 32.1 Å². The Kier molecular flexibility index (Phi) is 10.3. The zero-order valence-corrected chi connectivity index (χ0v) is 19.8.